The van der Waals surface area contributed by atoms with Crippen molar-refractivity contribution in [2.75, 3.05) is 0 Å². The van der Waals surface area contributed by atoms with Gasteiger partial charge < -0.3 is 0 Å². The molecule has 3 aromatic heterocycles. The predicted molar refractivity (Wildman–Crippen MR) is 82.8 cm³/mol. The highest BCUT2D eigenvalue weighted by molar-refractivity contribution is 5.76. The van der Waals surface area contributed by atoms with Crippen LogP contribution >= 0.6 is 0 Å². The van der Waals surface area contributed by atoms with Gasteiger partial charge in [0.15, 0.2) is 5.65 Å². The summed E-state index contributed by atoms with van der Waals surface area (Å²) in [5.41, 5.74) is 1.52. The number of aromatic nitrogens is 5. The second-order valence-corrected chi connectivity index (χ2v) is 5.13. The average molecular weight is 291 g/mol. The van der Waals surface area contributed by atoms with Crippen molar-refractivity contribution < 1.29 is 0 Å². The molecular weight excluding hydrogens is 278 g/mol. The van der Waals surface area contributed by atoms with E-state index < -0.39 is 0 Å². The topological polar surface area (TPSA) is 65.1 Å². The molecule has 0 bridgehead atoms. The summed E-state index contributed by atoms with van der Waals surface area (Å²) in [6.45, 7) is 2.30. The fraction of sp³-hybridized carbons (Fsp3) is 0.125. The second kappa shape index (κ2) is 4.77. The van der Waals surface area contributed by atoms with E-state index >= 15 is 0 Å². The first-order valence-electron chi connectivity index (χ1n) is 6.99. The molecule has 0 N–H and O–H groups in total. The second-order valence-electron chi connectivity index (χ2n) is 5.13. The van der Waals surface area contributed by atoms with Crippen LogP contribution in [-0.4, -0.2) is 24.1 Å². The maximum atomic E-state index is 12.8. The molecule has 0 spiro atoms. The molecule has 0 saturated carbocycles. The van der Waals surface area contributed by atoms with Crippen LogP contribution in [0.5, 0.6) is 0 Å². The Morgan fingerprint density at radius 3 is 2.68 bits per heavy atom. The lowest BCUT2D eigenvalue weighted by atomic mass is 10.2. The minimum absolute atomic E-state index is 0.105. The normalized spacial score (nSPS) is 11.3. The zero-order chi connectivity index (χ0) is 15.1. The van der Waals surface area contributed by atoms with E-state index in [2.05, 4.69) is 15.2 Å². The molecule has 1 aromatic carbocycles. The van der Waals surface area contributed by atoms with Crippen molar-refractivity contribution in [3.8, 4) is 0 Å². The van der Waals surface area contributed by atoms with E-state index in [1.807, 2.05) is 41.7 Å². The van der Waals surface area contributed by atoms with Crippen LogP contribution in [0.15, 0.2) is 53.5 Å². The lowest BCUT2D eigenvalue weighted by Gasteiger charge is -2.10. The third kappa shape index (κ3) is 1.81. The largest absolute Gasteiger partial charge is 0.272 e. The lowest BCUT2D eigenvalue weighted by molar-refractivity contribution is 0.764. The fourth-order valence-electron chi connectivity index (χ4n) is 2.66. The van der Waals surface area contributed by atoms with Crippen molar-refractivity contribution in [1.82, 2.24) is 24.1 Å². The van der Waals surface area contributed by atoms with Gasteiger partial charge in [0, 0.05) is 6.20 Å². The van der Waals surface area contributed by atoms with Gasteiger partial charge >= 0.3 is 0 Å². The molecule has 0 amide bonds. The van der Waals surface area contributed by atoms with Gasteiger partial charge in [0.05, 0.1) is 11.9 Å². The summed E-state index contributed by atoms with van der Waals surface area (Å²) in [7, 11) is 0. The average Bonchev–Trinajstić information content (AvgIpc) is 2.94. The minimum Gasteiger partial charge on any atom is -0.272 e. The summed E-state index contributed by atoms with van der Waals surface area (Å²) in [4.78, 5) is 17.1. The third-order valence-corrected chi connectivity index (χ3v) is 3.71. The SMILES string of the molecule is Cc1nnc2n(Cc3ccccc3)c(=O)c3cccnc3n12. The molecule has 4 aromatic rings. The molecule has 0 saturated heterocycles. The molecular formula is C16H13N5O. The number of aryl methyl sites for hydroxylation is 1. The first kappa shape index (κ1) is 12.7. The first-order chi connectivity index (χ1) is 10.8. The van der Waals surface area contributed by atoms with E-state index in [1.165, 1.54) is 0 Å². The van der Waals surface area contributed by atoms with Gasteiger partial charge in [-0.1, -0.05) is 30.3 Å². The zero-order valence-corrected chi connectivity index (χ0v) is 12.0. The Morgan fingerprint density at radius 2 is 1.86 bits per heavy atom. The number of pyridine rings is 1. The van der Waals surface area contributed by atoms with Gasteiger partial charge in [0.1, 0.15) is 5.82 Å². The zero-order valence-electron chi connectivity index (χ0n) is 12.0. The minimum atomic E-state index is -0.105. The number of nitrogens with zero attached hydrogens (tertiary/aromatic N) is 5. The highest BCUT2D eigenvalue weighted by Gasteiger charge is 2.15. The van der Waals surface area contributed by atoms with Gasteiger partial charge in [-0.05, 0) is 24.6 Å². The molecule has 0 unspecified atom stereocenters. The molecule has 22 heavy (non-hydrogen) atoms. The van der Waals surface area contributed by atoms with E-state index in [9.17, 15) is 4.79 Å². The maximum Gasteiger partial charge on any atom is 0.264 e. The Morgan fingerprint density at radius 1 is 1.05 bits per heavy atom. The van der Waals surface area contributed by atoms with Crippen LogP contribution < -0.4 is 5.56 Å². The molecule has 0 aliphatic carbocycles. The molecule has 4 rings (SSSR count). The third-order valence-electron chi connectivity index (χ3n) is 3.71. The van der Waals surface area contributed by atoms with E-state index in [1.54, 1.807) is 22.9 Å². The summed E-state index contributed by atoms with van der Waals surface area (Å²) in [6, 6.07) is 13.4. The van der Waals surface area contributed by atoms with Crippen LogP contribution in [-0.2, 0) is 6.54 Å². The smallest absolute Gasteiger partial charge is 0.264 e. The highest BCUT2D eigenvalue weighted by Crippen LogP contribution is 2.13. The van der Waals surface area contributed by atoms with Crippen molar-refractivity contribution in [3.05, 3.63) is 70.4 Å². The standard InChI is InChI=1S/C16H13N5O/c1-11-18-19-16-20(10-12-6-3-2-4-7-12)15(22)13-8-5-9-17-14(13)21(11)16/h2-9H,10H2,1H3. The Labute approximate surface area is 125 Å². The van der Waals surface area contributed by atoms with Gasteiger partial charge in [-0.15, -0.1) is 10.2 Å². The monoisotopic (exact) mass is 291 g/mol. The molecule has 0 radical (unpaired) electrons. The summed E-state index contributed by atoms with van der Waals surface area (Å²) < 4.78 is 3.46. The Hall–Kier alpha value is -3.02. The number of rotatable bonds is 2. The van der Waals surface area contributed by atoms with Crippen LogP contribution in [0.1, 0.15) is 11.4 Å². The summed E-state index contributed by atoms with van der Waals surface area (Å²) in [5.74, 6) is 1.22. The van der Waals surface area contributed by atoms with Crippen LogP contribution in [0, 0.1) is 6.92 Å². The van der Waals surface area contributed by atoms with Gasteiger partial charge in [0.25, 0.3) is 5.56 Å². The highest BCUT2D eigenvalue weighted by atomic mass is 16.1. The Kier molecular flexibility index (Phi) is 2.75. The van der Waals surface area contributed by atoms with E-state index in [0.29, 0.717) is 29.2 Å². The Balaban J connectivity index is 2.08. The van der Waals surface area contributed by atoms with Crippen LogP contribution in [0.4, 0.5) is 0 Å². The summed E-state index contributed by atoms with van der Waals surface area (Å²) in [6.07, 6.45) is 1.67. The molecule has 0 fully saturated rings. The summed E-state index contributed by atoms with van der Waals surface area (Å²) in [5, 5.41) is 8.83. The van der Waals surface area contributed by atoms with Crippen LogP contribution in [0.3, 0.4) is 0 Å². The van der Waals surface area contributed by atoms with E-state index in [4.69, 9.17) is 0 Å². The molecule has 3 heterocycles. The van der Waals surface area contributed by atoms with Crippen molar-refractivity contribution in [3.63, 3.8) is 0 Å². The van der Waals surface area contributed by atoms with Crippen LogP contribution in [0.25, 0.3) is 16.8 Å². The first-order valence-corrected chi connectivity index (χ1v) is 6.99. The van der Waals surface area contributed by atoms with E-state index in [-0.39, 0.29) is 5.56 Å². The van der Waals surface area contributed by atoms with Crippen LogP contribution in [0.2, 0.25) is 0 Å². The van der Waals surface area contributed by atoms with Crippen molar-refractivity contribution in [2.45, 2.75) is 13.5 Å². The van der Waals surface area contributed by atoms with Gasteiger partial charge in [-0.2, -0.15) is 0 Å². The van der Waals surface area contributed by atoms with Gasteiger partial charge in [0.2, 0.25) is 5.78 Å². The lowest BCUT2D eigenvalue weighted by Crippen LogP contribution is -2.24. The molecule has 6 heteroatoms. The Bertz CT molecular complexity index is 1030. The number of hydrogen-bond acceptors (Lipinski definition) is 4. The fourth-order valence-corrected chi connectivity index (χ4v) is 2.66. The van der Waals surface area contributed by atoms with Crippen molar-refractivity contribution in [1.29, 1.82) is 0 Å². The quantitative estimate of drug-likeness (QED) is 0.565. The molecule has 6 nitrogen and oxygen atoms in total. The summed E-state index contributed by atoms with van der Waals surface area (Å²) >= 11 is 0. The molecule has 0 atom stereocenters. The van der Waals surface area contributed by atoms with Crippen molar-refractivity contribution >= 4 is 16.8 Å². The number of hydrogen-bond donors (Lipinski definition) is 0. The predicted octanol–water partition coefficient (Wildman–Crippen LogP) is 1.80. The van der Waals surface area contributed by atoms with Gasteiger partial charge in [-0.3, -0.25) is 9.36 Å². The number of fused-ring (bicyclic) bond motifs is 3. The van der Waals surface area contributed by atoms with Crippen molar-refractivity contribution in [2.24, 2.45) is 0 Å². The van der Waals surface area contributed by atoms with E-state index in [0.717, 1.165) is 5.56 Å². The maximum absolute atomic E-state index is 12.8. The molecule has 0 aliphatic rings. The molecule has 0 aliphatic heterocycles. The van der Waals surface area contributed by atoms with Gasteiger partial charge in [-0.25, -0.2) is 9.38 Å². The molecule has 108 valence electrons. The number of benzene rings is 1.